The molecule has 0 radical (unpaired) electrons. The van der Waals surface area contributed by atoms with Crippen molar-refractivity contribution in [3.63, 3.8) is 0 Å². The van der Waals surface area contributed by atoms with Gasteiger partial charge in [0.05, 0.1) is 5.41 Å². The van der Waals surface area contributed by atoms with Crippen molar-refractivity contribution in [2.24, 2.45) is 0 Å². The van der Waals surface area contributed by atoms with Gasteiger partial charge in [-0.15, -0.1) is 12.4 Å². The Hall–Kier alpha value is -1.31. The standard InChI is InChI=1S/C17H24F3N3O.ClH/c1-16(2,13-6-4-3-5-7-13)15(24)22-12-14(17(18,19)20)23-10-8-21-9-11-23;/h3-7,14,21H,8-12H2,1-2H3,(H,22,24);1H. The van der Waals surface area contributed by atoms with Gasteiger partial charge in [0.2, 0.25) is 5.91 Å². The fourth-order valence-corrected chi connectivity index (χ4v) is 2.84. The fourth-order valence-electron chi connectivity index (χ4n) is 2.84. The first-order valence-electron chi connectivity index (χ1n) is 8.08. The average molecular weight is 380 g/mol. The van der Waals surface area contributed by atoms with E-state index in [0.29, 0.717) is 26.2 Å². The van der Waals surface area contributed by atoms with E-state index in [1.165, 1.54) is 4.90 Å². The van der Waals surface area contributed by atoms with Crippen LogP contribution in [0.5, 0.6) is 0 Å². The Kier molecular flexibility index (Phi) is 7.71. The van der Waals surface area contributed by atoms with Crippen LogP contribution in [0.3, 0.4) is 0 Å². The van der Waals surface area contributed by atoms with Gasteiger partial charge in [-0.05, 0) is 19.4 Å². The van der Waals surface area contributed by atoms with Crippen LogP contribution < -0.4 is 10.6 Å². The van der Waals surface area contributed by atoms with Crippen LogP contribution in [0.4, 0.5) is 13.2 Å². The fraction of sp³-hybridized carbons (Fsp3) is 0.588. The Bertz CT molecular complexity index is 546. The molecule has 1 amide bonds. The van der Waals surface area contributed by atoms with Crippen LogP contribution in [0, 0.1) is 0 Å². The Morgan fingerprint density at radius 3 is 2.28 bits per heavy atom. The molecule has 0 saturated carbocycles. The first-order chi connectivity index (χ1) is 11.2. The van der Waals surface area contributed by atoms with Crippen LogP contribution in [0.2, 0.25) is 0 Å². The number of benzene rings is 1. The van der Waals surface area contributed by atoms with E-state index in [4.69, 9.17) is 0 Å². The molecular weight excluding hydrogens is 355 g/mol. The molecule has 25 heavy (non-hydrogen) atoms. The molecule has 0 aromatic heterocycles. The van der Waals surface area contributed by atoms with E-state index in [-0.39, 0.29) is 12.4 Å². The molecule has 1 aromatic carbocycles. The summed E-state index contributed by atoms with van der Waals surface area (Å²) in [7, 11) is 0. The van der Waals surface area contributed by atoms with Crippen molar-refractivity contribution in [1.29, 1.82) is 0 Å². The van der Waals surface area contributed by atoms with Crippen molar-refractivity contribution in [2.75, 3.05) is 32.7 Å². The number of nitrogens with zero attached hydrogens (tertiary/aromatic N) is 1. The highest BCUT2D eigenvalue weighted by Crippen LogP contribution is 2.26. The second-order valence-electron chi connectivity index (χ2n) is 6.54. The van der Waals surface area contributed by atoms with E-state index in [2.05, 4.69) is 10.6 Å². The summed E-state index contributed by atoms with van der Waals surface area (Å²) in [6, 6.07) is 7.40. The Labute approximate surface area is 152 Å². The van der Waals surface area contributed by atoms with Gasteiger partial charge in [-0.25, -0.2) is 0 Å². The van der Waals surface area contributed by atoms with Crippen LogP contribution in [0.25, 0.3) is 0 Å². The van der Waals surface area contributed by atoms with E-state index in [1.807, 2.05) is 18.2 Å². The van der Waals surface area contributed by atoms with Gasteiger partial charge < -0.3 is 10.6 Å². The zero-order chi connectivity index (χ0) is 17.8. The number of halogens is 4. The highest BCUT2D eigenvalue weighted by molar-refractivity contribution is 5.87. The Morgan fingerprint density at radius 2 is 1.76 bits per heavy atom. The third-order valence-electron chi connectivity index (χ3n) is 4.49. The molecule has 8 heteroatoms. The third kappa shape index (κ3) is 5.59. The van der Waals surface area contributed by atoms with E-state index >= 15 is 0 Å². The highest BCUT2D eigenvalue weighted by atomic mass is 35.5. The van der Waals surface area contributed by atoms with Crippen molar-refractivity contribution >= 4 is 18.3 Å². The van der Waals surface area contributed by atoms with Gasteiger partial charge >= 0.3 is 6.18 Å². The van der Waals surface area contributed by atoms with Crippen LogP contribution in [-0.4, -0.2) is 55.7 Å². The molecule has 0 bridgehead atoms. The molecular formula is C17H25ClF3N3O. The summed E-state index contributed by atoms with van der Waals surface area (Å²) in [5.74, 6) is -0.405. The molecule has 2 rings (SSSR count). The van der Waals surface area contributed by atoms with Crippen molar-refractivity contribution in [2.45, 2.75) is 31.5 Å². The second kappa shape index (κ2) is 8.87. The number of carbonyl (C=O) groups is 1. The molecule has 4 nitrogen and oxygen atoms in total. The summed E-state index contributed by atoms with van der Waals surface area (Å²) < 4.78 is 40.1. The zero-order valence-electron chi connectivity index (χ0n) is 14.4. The summed E-state index contributed by atoms with van der Waals surface area (Å²) in [6.45, 7) is 4.69. The normalized spacial score (nSPS) is 17.5. The maximum absolute atomic E-state index is 13.4. The third-order valence-corrected chi connectivity index (χ3v) is 4.49. The number of hydrogen-bond donors (Lipinski definition) is 2. The highest BCUT2D eigenvalue weighted by Gasteiger charge is 2.44. The monoisotopic (exact) mass is 379 g/mol. The molecule has 1 aromatic rings. The number of hydrogen-bond acceptors (Lipinski definition) is 3. The molecule has 1 heterocycles. The molecule has 142 valence electrons. The number of piperazine rings is 1. The molecule has 1 fully saturated rings. The lowest BCUT2D eigenvalue weighted by Crippen LogP contribution is -2.58. The van der Waals surface area contributed by atoms with E-state index in [0.717, 1.165) is 5.56 Å². The van der Waals surface area contributed by atoms with Gasteiger partial charge in [-0.1, -0.05) is 30.3 Å². The lowest BCUT2D eigenvalue weighted by atomic mass is 9.83. The molecule has 1 saturated heterocycles. The predicted molar refractivity (Wildman–Crippen MR) is 94.0 cm³/mol. The number of nitrogens with one attached hydrogen (secondary N) is 2. The summed E-state index contributed by atoms with van der Waals surface area (Å²) in [6.07, 6.45) is -4.37. The second-order valence-corrected chi connectivity index (χ2v) is 6.54. The molecule has 2 N–H and O–H groups in total. The quantitative estimate of drug-likeness (QED) is 0.825. The van der Waals surface area contributed by atoms with Gasteiger partial charge in [0, 0.05) is 32.7 Å². The van der Waals surface area contributed by atoms with Crippen LogP contribution in [0.15, 0.2) is 30.3 Å². The van der Waals surface area contributed by atoms with E-state index in [9.17, 15) is 18.0 Å². The van der Waals surface area contributed by atoms with Crippen molar-refractivity contribution in [1.82, 2.24) is 15.5 Å². The molecule has 1 atom stereocenters. The van der Waals surface area contributed by atoms with Crippen LogP contribution >= 0.6 is 12.4 Å². The molecule has 1 unspecified atom stereocenters. The number of rotatable bonds is 5. The first kappa shape index (κ1) is 21.7. The summed E-state index contributed by atoms with van der Waals surface area (Å²) in [4.78, 5) is 13.9. The minimum atomic E-state index is -4.37. The van der Waals surface area contributed by atoms with Crippen LogP contribution in [-0.2, 0) is 10.2 Å². The zero-order valence-corrected chi connectivity index (χ0v) is 15.2. The topological polar surface area (TPSA) is 44.4 Å². The van der Waals surface area contributed by atoms with Crippen molar-refractivity contribution < 1.29 is 18.0 Å². The van der Waals surface area contributed by atoms with Gasteiger partial charge in [-0.3, -0.25) is 9.69 Å². The molecule has 0 aliphatic carbocycles. The molecule has 0 spiro atoms. The Balaban J connectivity index is 0.00000312. The SMILES string of the molecule is CC(C)(C(=O)NCC(N1CCNCC1)C(F)(F)F)c1ccccc1.Cl. The first-order valence-corrected chi connectivity index (χ1v) is 8.08. The maximum atomic E-state index is 13.4. The number of amides is 1. The lowest BCUT2D eigenvalue weighted by molar-refractivity contribution is -0.184. The smallest absolute Gasteiger partial charge is 0.353 e. The predicted octanol–water partition coefficient (Wildman–Crippen LogP) is 2.34. The minimum Gasteiger partial charge on any atom is -0.353 e. The molecule has 1 aliphatic heterocycles. The lowest BCUT2D eigenvalue weighted by Gasteiger charge is -2.36. The van der Waals surface area contributed by atoms with E-state index in [1.54, 1.807) is 26.0 Å². The van der Waals surface area contributed by atoms with Crippen LogP contribution in [0.1, 0.15) is 19.4 Å². The molecule has 1 aliphatic rings. The van der Waals surface area contributed by atoms with E-state index < -0.39 is 30.1 Å². The Morgan fingerprint density at radius 1 is 1.20 bits per heavy atom. The summed E-state index contributed by atoms with van der Waals surface area (Å²) in [5, 5.41) is 5.54. The van der Waals surface area contributed by atoms with Gasteiger partial charge in [0.15, 0.2) is 0 Å². The summed E-state index contributed by atoms with van der Waals surface area (Å²) in [5.41, 5.74) is -0.117. The van der Waals surface area contributed by atoms with Gasteiger partial charge in [0.25, 0.3) is 0 Å². The number of alkyl halides is 3. The largest absolute Gasteiger partial charge is 0.405 e. The summed E-state index contributed by atoms with van der Waals surface area (Å²) >= 11 is 0. The minimum absolute atomic E-state index is 0. The maximum Gasteiger partial charge on any atom is 0.405 e. The van der Waals surface area contributed by atoms with Crippen molar-refractivity contribution in [3.8, 4) is 0 Å². The number of carbonyl (C=O) groups excluding carboxylic acids is 1. The average Bonchev–Trinajstić information content (AvgIpc) is 2.55. The van der Waals surface area contributed by atoms with Gasteiger partial charge in [0.1, 0.15) is 6.04 Å². The van der Waals surface area contributed by atoms with Crippen molar-refractivity contribution in [3.05, 3.63) is 35.9 Å². The van der Waals surface area contributed by atoms with Gasteiger partial charge in [-0.2, -0.15) is 13.2 Å².